The molecule has 1 unspecified atom stereocenters. The molecule has 0 aliphatic carbocycles. The highest BCUT2D eigenvalue weighted by molar-refractivity contribution is 6.04. The second kappa shape index (κ2) is 5.51. The minimum Gasteiger partial charge on any atom is -0.478 e. The highest BCUT2D eigenvalue weighted by Gasteiger charge is 2.37. The molecule has 21 heavy (non-hydrogen) atoms. The molecule has 0 bridgehead atoms. The van der Waals surface area contributed by atoms with Gasteiger partial charge in [0.2, 0.25) is 0 Å². The van der Waals surface area contributed by atoms with Crippen LogP contribution in [-0.2, 0) is 9.59 Å². The summed E-state index contributed by atoms with van der Waals surface area (Å²) in [4.78, 5) is 35.4. The Bertz CT molecular complexity index is 611. The maximum Gasteiger partial charge on any atom is 0.273 e. The number of benzene rings is 1. The summed E-state index contributed by atoms with van der Waals surface area (Å²) in [5.74, 6) is -0.332. The van der Waals surface area contributed by atoms with E-state index in [-0.39, 0.29) is 35.6 Å². The van der Waals surface area contributed by atoms with Gasteiger partial charge in [0.1, 0.15) is 5.78 Å². The van der Waals surface area contributed by atoms with Crippen molar-refractivity contribution in [3.05, 3.63) is 28.3 Å². The quantitative estimate of drug-likeness (QED) is 0.625. The van der Waals surface area contributed by atoms with E-state index in [0.717, 1.165) is 0 Å². The van der Waals surface area contributed by atoms with Crippen molar-refractivity contribution in [2.45, 2.75) is 26.9 Å². The smallest absolute Gasteiger partial charge is 0.273 e. The largest absolute Gasteiger partial charge is 0.478 e. The summed E-state index contributed by atoms with van der Waals surface area (Å²) in [7, 11) is 0. The van der Waals surface area contributed by atoms with Gasteiger partial charge >= 0.3 is 0 Å². The van der Waals surface area contributed by atoms with Gasteiger partial charge in [0.05, 0.1) is 23.2 Å². The Labute approximate surface area is 121 Å². The molecule has 1 amide bonds. The zero-order chi connectivity index (χ0) is 15.7. The topological polar surface area (TPSA) is 89.8 Å². The van der Waals surface area contributed by atoms with E-state index in [4.69, 9.17) is 4.74 Å². The Morgan fingerprint density at radius 2 is 2.14 bits per heavy atom. The molecular weight excluding hydrogens is 276 g/mol. The van der Waals surface area contributed by atoms with Crippen LogP contribution in [-0.4, -0.2) is 29.3 Å². The van der Waals surface area contributed by atoms with Crippen LogP contribution in [0.3, 0.4) is 0 Å². The number of hydrogen-bond donors (Lipinski definition) is 0. The lowest BCUT2D eigenvalue weighted by molar-refractivity contribution is -0.384. The number of rotatable bonds is 4. The number of Topliss-reactive ketones (excluding diaryl/α,β-unsaturated/α-hetero) is 1. The van der Waals surface area contributed by atoms with Crippen molar-refractivity contribution in [2.24, 2.45) is 5.92 Å². The number of nitro groups is 1. The number of nitrogens with zero attached hydrogens (tertiary/aromatic N) is 2. The monoisotopic (exact) mass is 292 g/mol. The van der Waals surface area contributed by atoms with Gasteiger partial charge in [-0.05, 0) is 18.9 Å². The number of amides is 1. The zero-order valence-corrected chi connectivity index (χ0v) is 12.0. The molecule has 0 fully saturated rings. The van der Waals surface area contributed by atoms with Crippen molar-refractivity contribution in [3.63, 3.8) is 0 Å². The van der Waals surface area contributed by atoms with E-state index in [1.165, 1.54) is 30.0 Å². The van der Waals surface area contributed by atoms with Crippen LogP contribution in [0.2, 0.25) is 0 Å². The van der Waals surface area contributed by atoms with Crippen molar-refractivity contribution in [3.8, 4) is 5.75 Å². The molecule has 1 aromatic carbocycles. The van der Waals surface area contributed by atoms with Gasteiger partial charge in [-0.25, -0.2) is 0 Å². The van der Waals surface area contributed by atoms with Crippen LogP contribution in [0.25, 0.3) is 0 Å². The molecule has 7 heteroatoms. The fourth-order valence-corrected chi connectivity index (χ4v) is 2.20. The van der Waals surface area contributed by atoms with Crippen molar-refractivity contribution in [2.75, 3.05) is 11.4 Å². The van der Waals surface area contributed by atoms with Gasteiger partial charge in [0.15, 0.2) is 11.9 Å². The van der Waals surface area contributed by atoms with Gasteiger partial charge < -0.3 is 4.74 Å². The average Bonchev–Trinajstić information content (AvgIpc) is 2.40. The van der Waals surface area contributed by atoms with Crippen LogP contribution in [0.1, 0.15) is 20.8 Å². The first-order valence-corrected chi connectivity index (χ1v) is 6.57. The maximum absolute atomic E-state index is 12.4. The number of nitro benzene ring substituents is 1. The number of fused-ring (bicyclic) bond motifs is 1. The number of carbonyl (C=O) groups excluding carboxylic acids is 2. The SMILES string of the molecule is CC(=O)CN1C(=O)C(C(C)C)Oc2cc([N+](=O)[O-])ccc21. The summed E-state index contributed by atoms with van der Waals surface area (Å²) in [6, 6.07) is 4.01. The Hall–Kier alpha value is -2.44. The van der Waals surface area contributed by atoms with Crippen LogP contribution in [0.15, 0.2) is 18.2 Å². The summed E-state index contributed by atoms with van der Waals surface area (Å²) in [6.45, 7) is 4.95. The van der Waals surface area contributed by atoms with E-state index in [1.54, 1.807) is 0 Å². The summed E-state index contributed by atoms with van der Waals surface area (Å²) < 4.78 is 5.60. The molecule has 1 aromatic rings. The molecule has 7 nitrogen and oxygen atoms in total. The van der Waals surface area contributed by atoms with Gasteiger partial charge in [0, 0.05) is 6.07 Å². The van der Waals surface area contributed by atoms with Gasteiger partial charge in [0.25, 0.3) is 11.6 Å². The van der Waals surface area contributed by atoms with E-state index < -0.39 is 11.0 Å². The van der Waals surface area contributed by atoms with Gasteiger partial charge in [-0.3, -0.25) is 24.6 Å². The lowest BCUT2D eigenvalue weighted by Gasteiger charge is -2.35. The normalized spacial score (nSPS) is 17.4. The molecule has 0 aromatic heterocycles. The highest BCUT2D eigenvalue weighted by Crippen LogP contribution is 2.38. The standard InChI is InChI=1S/C14H16N2O5/c1-8(2)13-14(18)15(7-9(3)17)11-5-4-10(16(19)20)6-12(11)21-13/h4-6,8,13H,7H2,1-3H3. The number of hydrogen-bond acceptors (Lipinski definition) is 5. The van der Waals surface area contributed by atoms with Crippen LogP contribution in [0.5, 0.6) is 5.75 Å². The van der Waals surface area contributed by atoms with E-state index in [0.29, 0.717) is 5.69 Å². The molecular formula is C14H16N2O5. The third-order valence-corrected chi connectivity index (χ3v) is 3.19. The highest BCUT2D eigenvalue weighted by atomic mass is 16.6. The molecule has 1 heterocycles. The molecule has 1 aliphatic rings. The Kier molecular flexibility index (Phi) is 3.93. The predicted octanol–water partition coefficient (Wildman–Crippen LogP) is 1.93. The number of anilines is 1. The van der Waals surface area contributed by atoms with E-state index in [2.05, 4.69) is 0 Å². The predicted molar refractivity (Wildman–Crippen MR) is 75.4 cm³/mol. The molecule has 112 valence electrons. The van der Waals surface area contributed by atoms with Crippen LogP contribution in [0.4, 0.5) is 11.4 Å². The number of ketones is 1. The molecule has 0 radical (unpaired) electrons. The second-order valence-corrected chi connectivity index (χ2v) is 5.32. The van der Waals surface area contributed by atoms with Gasteiger partial charge in [-0.15, -0.1) is 0 Å². The molecule has 2 rings (SSSR count). The lowest BCUT2D eigenvalue weighted by atomic mass is 10.0. The lowest BCUT2D eigenvalue weighted by Crippen LogP contribution is -2.49. The number of carbonyl (C=O) groups is 2. The number of ether oxygens (including phenoxy) is 1. The first-order valence-electron chi connectivity index (χ1n) is 6.57. The van der Waals surface area contributed by atoms with Gasteiger partial charge in [-0.2, -0.15) is 0 Å². The third kappa shape index (κ3) is 2.86. The van der Waals surface area contributed by atoms with Crippen molar-refractivity contribution < 1.29 is 19.2 Å². The summed E-state index contributed by atoms with van der Waals surface area (Å²) in [6.07, 6.45) is -0.751. The molecule has 1 atom stereocenters. The molecule has 0 saturated heterocycles. The molecule has 0 N–H and O–H groups in total. The van der Waals surface area contributed by atoms with Crippen LogP contribution in [0, 0.1) is 16.0 Å². The molecule has 1 aliphatic heterocycles. The first-order chi connectivity index (χ1) is 9.81. The average molecular weight is 292 g/mol. The van der Waals surface area contributed by atoms with Crippen LogP contribution >= 0.6 is 0 Å². The number of non-ortho nitro benzene ring substituents is 1. The zero-order valence-electron chi connectivity index (χ0n) is 12.0. The summed E-state index contributed by atoms with van der Waals surface area (Å²) >= 11 is 0. The van der Waals surface area contributed by atoms with E-state index in [9.17, 15) is 19.7 Å². The second-order valence-electron chi connectivity index (χ2n) is 5.32. The summed E-state index contributed by atoms with van der Waals surface area (Å²) in [5.41, 5.74) is 0.270. The van der Waals surface area contributed by atoms with E-state index >= 15 is 0 Å². The van der Waals surface area contributed by atoms with Gasteiger partial charge in [-0.1, -0.05) is 13.8 Å². The third-order valence-electron chi connectivity index (χ3n) is 3.19. The van der Waals surface area contributed by atoms with Crippen LogP contribution < -0.4 is 9.64 Å². The first kappa shape index (κ1) is 15.0. The Balaban J connectivity index is 2.50. The van der Waals surface area contributed by atoms with Crippen molar-refractivity contribution in [1.82, 2.24) is 0 Å². The fraction of sp³-hybridized carbons (Fsp3) is 0.429. The minimum atomic E-state index is -0.751. The molecule has 0 saturated carbocycles. The fourth-order valence-electron chi connectivity index (χ4n) is 2.20. The summed E-state index contributed by atoms with van der Waals surface area (Å²) in [5, 5.41) is 10.8. The van der Waals surface area contributed by atoms with Crippen molar-refractivity contribution in [1.29, 1.82) is 0 Å². The van der Waals surface area contributed by atoms with Crippen molar-refractivity contribution >= 4 is 23.1 Å². The Morgan fingerprint density at radius 3 is 2.67 bits per heavy atom. The maximum atomic E-state index is 12.4. The Morgan fingerprint density at radius 1 is 1.48 bits per heavy atom. The van der Waals surface area contributed by atoms with E-state index in [1.807, 2.05) is 13.8 Å². The molecule has 0 spiro atoms. The minimum absolute atomic E-state index is 0.0732.